The Bertz CT molecular complexity index is 805. The first-order valence-corrected chi connectivity index (χ1v) is 6.71. The maximum Gasteiger partial charge on any atom is 0.248 e. The molecule has 2 aromatic carbocycles. The van der Waals surface area contributed by atoms with E-state index in [9.17, 15) is 4.79 Å². The van der Waals surface area contributed by atoms with Crippen molar-refractivity contribution in [2.24, 2.45) is 5.73 Å². The van der Waals surface area contributed by atoms with Crippen molar-refractivity contribution in [3.8, 4) is 5.75 Å². The first-order chi connectivity index (χ1) is 10.2. The number of hydrogen-bond acceptors (Lipinski definition) is 2. The molecule has 0 aliphatic carbocycles. The van der Waals surface area contributed by atoms with Crippen molar-refractivity contribution in [1.29, 1.82) is 0 Å². The number of hydrogen-bond donors (Lipinski definition) is 2. The molecule has 3 N–H and O–H groups in total. The molecule has 0 aliphatic heterocycles. The Morgan fingerprint density at radius 3 is 2.76 bits per heavy atom. The molecular weight excluding hydrogens is 264 g/mol. The van der Waals surface area contributed by atoms with Gasteiger partial charge in [-0.15, -0.1) is 0 Å². The molecule has 4 nitrogen and oxygen atoms in total. The summed E-state index contributed by atoms with van der Waals surface area (Å²) in [7, 11) is 1.60. The van der Waals surface area contributed by atoms with Gasteiger partial charge in [0, 0.05) is 29.1 Å². The van der Waals surface area contributed by atoms with E-state index in [0.29, 0.717) is 11.3 Å². The lowest BCUT2D eigenvalue weighted by Crippen LogP contribution is -2.11. The molecular formula is C17H16N2O2. The van der Waals surface area contributed by atoms with Crippen molar-refractivity contribution < 1.29 is 9.53 Å². The number of nitrogens with two attached hydrogens (primary N) is 1. The van der Waals surface area contributed by atoms with E-state index in [-0.39, 0.29) is 0 Å². The number of methoxy groups -OCH3 is 1. The van der Waals surface area contributed by atoms with E-state index in [1.54, 1.807) is 19.2 Å². The highest BCUT2D eigenvalue weighted by Gasteiger charge is 2.10. The molecule has 21 heavy (non-hydrogen) atoms. The summed E-state index contributed by atoms with van der Waals surface area (Å²) in [6, 6.07) is 13.5. The first-order valence-electron chi connectivity index (χ1n) is 6.71. The molecule has 3 aromatic rings. The minimum absolute atomic E-state index is 0.452. The van der Waals surface area contributed by atoms with Crippen LogP contribution in [0.2, 0.25) is 0 Å². The van der Waals surface area contributed by atoms with Crippen molar-refractivity contribution in [3.05, 3.63) is 65.4 Å². The van der Waals surface area contributed by atoms with Gasteiger partial charge in [-0.25, -0.2) is 0 Å². The number of nitrogens with one attached hydrogen (secondary N) is 1. The topological polar surface area (TPSA) is 68.1 Å². The summed E-state index contributed by atoms with van der Waals surface area (Å²) in [6.45, 7) is 0. The van der Waals surface area contributed by atoms with Crippen LogP contribution >= 0.6 is 0 Å². The fourth-order valence-electron chi connectivity index (χ4n) is 2.53. The number of primary amides is 1. The lowest BCUT2D eigenvalue weighted by Gasteiger charge is -2.09. The second-order valence-electron chi connectivity index (χ2n) is 4.93. The minimum Gasteiger partial charge on any atom is -0.496 e. The molecule has 0 spiro atoms. The zero-order valence-corrected chi connectivity index (χ0v) is 11.7. The first kappa shape index (κ1) is 13.2. The van der Waals surface area contributed by atoms with Crippen molar-refractivity contribution in [1.82, 2.24) is 4.98 Å². The quantitative estimate of drug-likeness (QED) is 0.771. The average Bonchev–Trinajstić information content (AvgIpc) is 2.91. The van der Waals surface area contributed by atoms with Gasteiger partial charge in [-0.2, -0.15) is 0 Å². The Labute approximate surface area is 122 Å². The lowest BCUT2D eigenvalue weighted by molar-refractivity contribution is 0.1000. The largest absolute Gasteiger partial charge is 0.496 e. The summed E-state index contributed by atoms with van der Waals surface area (Å²) in [5.74, 6) is 0.225. The third kappa shape index (κ3) is 2.48. The molecule has 106 valence electrons. The molecule has 0 atom stereocenters. The zero-order valence-electron chi connectivity index (χ0n) is 11.7. The van der Waals surface area contributed by atoms with E-state index in [1.807, 2.05) is 30.5 Å². The monoisotopic (exact) mass is 280 g/mol. The lowest BCUT2D eigenvalue weighted by atomic mass is 10.0. The van der Waals surface area contributed by atoms with Crippen LogP contribution in [0.25, 0.3) is 10.9 Å². The Balaban J connectivity index is 1.99. The van der Waals surface area contributed by atoms with Gasteiger partial charge in [-0.05, 0) is 29.3 Å². The molecule has 0 aliphatic rings. The number of ether oxygens (including phenoxy) is 1. The van der Waals surface area contributed by atoms with Gasteiger partial charge in [-0.3, -0.25) is 4.79 Å². The minimum atomic E-state index is -0.452. The number of amides is 1. The number of aromatic nitrogens is 1. The van der Waals surface area contributed by atoms with Crippen LogP contribution < -0.4 is 10.5 Å². The van der Waals surface area contributed by atoms with Gasteiger partial charge in [0.25, 0.3) is 0 Å². The molecule has 1 amide bonds. The van der Waals surface area contributed by atoms with Crippen LogP contribution in [0.5, 0.6) is 5.75 Å². The number of para-hydroxylation sites is 1. The molecule has 0 radical (unpaired) electrons. The van der Waals surface area contributed by atoms with E-state index >= 15 is 0 Å². The smallest absolute Gasteiger partial charge is 0.248 e. The van der Waals surface area contributed by atoms with Crippen LogP contribution in [0.15, 0.2) is 48.7 Å². The van der Waals surface area contributed by atoms with Crippen LogP contribution in [0.1, 0.15) is 21.5 Å². The Morgan fingerprint density at radius 2 is 2.00 bits per heavy atom. The van der Waals surface area contributed by atoms with Gasteiger partial charge in [0.05, 0.1) is 7.11 Å². The van der Waals surface area contributed by atoms with Gasteiger partial charge in [0.1, 0.15) is 5.75 Å². The zero-order chi connectivity index (χ0) is 14.8. The van der Waals surface area contributed by atoms with Crippen molar-refractivity contribution >= 4 is 16.8 Å². The molecule has 0 unspecified atom stereocenters. The molecule has 0 saturated heterocycles. The van der Waals surface area contributed by atoms with Crippen LogP contribution in [0.3, 0.4) is 0 Å². The normalized spacial score (nSPS) is 10.7. The number of carbonyl (C=O) groups excluding carboxylic acids is 1. The summed E-state index contributed by atoms with van der Waals surface area (Å²) in [5.41, 5.74) is 9.07. The number of rotatable bonds is 4. The number of H-pyrrole nitrogens is 1. The Morgan fingerprint density at radius 1 is 1.19 bits per heavy atom. The van der Waals surface area contributed by atoms with E-state index in [1.165, 1.54) is 10.9 Å². The van der Waals surface area contributed by atoms with Crippen LogP contribution in [-0.2, 0) is 6.42 Å². The van der Waals surface area contributed by atoms with E-state index < -0.39 is 5.91 Å². The average molecular weight is 280 g/mol. The van der Waals surface area contributed by atoms with Crippen molar-refractivity contribution in [3.63, 3.8) is 0 Å². The molecule has 0 fully saturated rings. The van der Waals surface area contributed by atoms with E-state index in [2.05, 4.69) is 11.1 Å². The summed E-state index contributed by atoms with van der Waals surface area (Å²) in [4.78, 5) is 14.5. The number of carbonyl (C=O) groups is 1. The van der Waals surface area contributed by atoms with Gasteiger partial charge in [-0.1, -0.05) is 24.3 Å². The van der Waals surface area contributed by atoms with Gasteiger partial charge < -0.3 is 15.5 Å². The summed E-state index contributed by atoms with van der Waals surface area (Å²) >= 11 is 0. The van der Waals surface area contributed by atoms with E-state index in [0.717, 1.165) is 17.5 Å². The highest BCUT2D eigenvalue weighted by Crippen LogP contribution is 2.26. The SMILES string of the molecule is COc1cc(C(N)=O)ccc1Cc1c[nH]c2ccccc12. The molecule has 0 saturated carbocycles. The van der Waals surface area contributed by atoms with Crippen LogP contribution in [0.4, 0.5) is 0 Å². The predicted octanol–water partition coefficient (Wildman–Crippen LogP) is 2.87. The Hall–Kier alpha value is -2.75. The van der Waals surface area contributed by atoms with Crippen molar-refractivity contribution in [2.75, 3.05) is 7.11 Å². The van der Waals surface area contributed by atoms with Gasteiger partial charge in [0.2, 0.25) is 5.91 Å². The van der Waals surface area contributed by atoms with Crippen LogP contribution in [0, 0.1) is 0 Å². The highest BCUT2D eigenvalue weighted by atomic mass is 16.5. The van der Waals surface area contributed by atoms with Crippen molar-refractivity contribution in [2.45, 2.75) is 6.42 Å². The maximum atomic E-state index is 11.2. The molecule has 3 rings (SSSR count). The molecule has 1 aromatic heterocycles. The summed E-state index contributed by atoms with van der Waals surface area (Å²) < 4.78 is 5.38. The summed E-state index contributed by atoms with van der Waals surface area (Å²) in [5, 5.41) is 1.19. The molecule has 1 heterocycles. The van der Waals surface area contributed by atoms with Gasteiger partial charge >= 0.3 is 0 Å². The number of benzene rings is 2. The van der Waals surface area contributed by atoms with Crippen LogP contribution in [-0.4, -0.2) is 18.0 Å². The maximum absolute atomic E-state index is 11.2. The second kappa shape index (κ2) is 5.32. The fourth-order valence-corrected chi connectivity index (χ4v) is 2.53. The second-order valence-corrected chi connectivity index (χ2v) is 4.93. The number of aromatic amines is 1. The molecule has 0 bridgehead atoms. The fraction of sp³-hybridized carbons (Fsp3) is 0.118. The van der Waals surface area contributed by atoms with E-state index in [4.69, 9.17) is 10.5 Å². The third-order valence-corrected chi connectivity index (χ3v) is 3.63. The Kier molecular flexibility index (Phi) is 3.36. The number of fused-ring (bicyclic) bond motifs is 1. The summed E-state index contributed by atoms with van der Waals surface area (Å²) in [6.07, 6.45) is 2.73. The van der Waals surface area contributed by atoms with Gasteiger partial charge in [0.15, 0.2) is 0 Å². The predicted molar refractivity (Wildman–Crippen MR) is 82.6 cm³/mol. The molecule has 4 heteroatoms. The third-order valence-electron chi connectivity index (χ3n) is 3.63. The highest BCUT2D eigenvalue weighted by molar-refractivity contribution is 5.93. The standard InChI is InChI=1S/C17H16N2O2/c1-21-16-9-12(17(18)20)7-6-11(16)8-13-10-19-15-5-3-2-4-14(13)15/h2-7,9-10,19H,8H2,1H3,(H2,18,20).